The van der Waals surface area contributed by atoms with E-state index in [0.29, 0.717) is 17.7 Å². The van der Waals surface area contributed by atoms with Crippen molar-refractivity contribution < 1.29 is 0 Å². The first kappa shape index (κ1) is 19.3. The molecule has 0 N–H and O–H groups in total. The van der Waals surface area contributed by atoms with Gasteiger partial charge in [-0.1, -0.05) is 32.1 Å². The van der Waals surface area contributed by atoms with Gasteiger partial charge < -0.3 is 4.57 Å². The van der Waals surface area contributed by atoms with Crippen LogP contribution in [0.2, 0.25) is 0 Å². The Morgan fingerprint density at radius 2 is 1.72 bits per heavy atom. The highest BCUT2D eigenvalue weighted by Gasteiger charge is 2.14. The number of nitrogens with zero attached hydrogens (tertiary/aromatic N) is 5. The molecular weight excluding hydrogens is 338 g/mol. The van der Waals surface area contributed by atoms with E-state index < -0.39 is 0 Å². The summed E-state index contributed by atoms with van der Waals surface area (Å²) in [5.41, 5.74) is 0.361. The molecule has 0 radical (unpaired) electrons. The molecule has 0 saturated heterocycles. The zero-order valence-corrected chi connectivity index (χ0v) is 15.7. The zero-order chi connectivity index (χ0) is 18.2. The van der Waals surface area contributed by atoms with Crippen LogP contribution in [0.25, 0.3) is 11.2 Å². The molecule has 0 saturated carbocycles. The van der Waals surface area contributed by atoms with Crippen LogP contribution in [0.4, 0.5) is 0 Å². The Balaban J connectivity index is 1.84. The fraction of sp³-hybridized carbons (Fsp3) is 0.647. The van der Waals surface area contributed by atoms with Crippen LogP contribution < -0.4 is 11.2 Å². The van der Waals surface area contributed by atoms with E-state index in [1.165, 1.54) is 15.6 Å². The van der Waals surface area contributed by atoms with Crippen molar-refractivity contribution >= 4 is 28.5 Å². The number of aryl methyl sites for hydroxylation is 2. The monoisotopic (exact) mass is 363 g/mol. The predicted molar refractivity (Wildman–Crippen MR) is 102 cm³/mol. The van der Waals surface area contributed by atoms with Crippen molar-refractivity contribution in [3.63, 3.8) is 0 Å². The van der Waals surface area contributed by atoms with Crippen LogP contribution in [0.15, 0.2) is 20.9 Å². The average molecular weight is 363 g/mol. The fourth-order valence-electron chi connectivity index (χ4n) is 2.98. The van der Waals surface area contributed by atoms with Gasteiger partial charge in [0.05, 0.1) is 11.5 Å². The number of unbranched alkanes of at least 4 members (excludes halogenated alkanes) is 6. The minimum Gasteiger partial charge on any atom is -0.328 e. The minimum absolute atomic E-state index is 0.253. The average Bonchev–Trinajstić information content (AvgIpc) is 2.99. The van der Waals surface area contributed by atoms with Crippen LogP contribution in [-0.4, -0.2) is 30.4 Å². The fourth-order valence-corrected chi connectivity index (χ4v) is 3.08. The summed E-state index contributed by atoms with van der Waals surface area (Å²) in [5.74, 6) is 0. The maximum atomic E-state index is 12.5. The van der Waals surface area contributed by atoms with E-state index in [-0.39, 0.29) is 11.2 Å². The van der Waals surface area contributed by atoms with E-state index in [0.717, 1.165) is 45.1 Å². The molecule has 7 nitrogen and oxygen atoms in total. The molecular formula is C17H25N5O2S. The third kappa shape index (κ3) is 4.74. The Hall–Kier alpha value is -2.05. The molecule has 0 unspecified atom stereocenters. The summed E-state index contributed by atoms with van der Waals surface area (Å²) in [7, 11) is 3.42. The SMILES string of the molecule is Cn1cnc2c1c(=O)n(CCCCCCCCCN=C=S)c(=O)n2C. The second kappa shape index (κ2) is 9.44. The molecule has 2 aromatic rings. The van der Waals surface area contributed by atoms with E-state index in [4.69, 9.17) is 0 Å². The van der Waals surface area contributed by atoms with Crippen molar-refractivity contribution in [1.82, 2.24) is 18.7 Å². The summed E-state index contributed by atoms with van der Waals surface area (Å²) < 4.78 is 4.44. The summed E-state index contributed by atoms with van der Waals surface area (Å²) in [6.07, 6.45) is 9.06. The van der Waals surface area contributed by atoms with Crippen LogP contribution >= 0.6 is 12.2 Å². The normalized spacial score (nSPS) is 11.0. The Labute approximate surface area is 152 Å². The lowest BCUT2D eigenvalue weighted by atomic mass is 10.1. The molecule has 2 aromatic heterocycles. The van der Waals surface area contributed by atoms with Crippen LogP contribution in [0.3, 0.4) is 0 Å². The molecule has 0 fully saturated rings. The quantitative estimate of drug-likeness (QED) is 0.369. The van der Waals surface area contributed by atoms with E-state index >= 15 is 0 Å². The topological polar surface area (TPSA) is 74.2 Å². The molecule has 0 atom stereocenters. The van der Waals surface area contributed by atoms with Gasteiger partial charge in [-0.05, 0) is 25.1 Å². The highest BCUT2D eigenvalue weighted by atomic mass is 32.1. The Morgan fingerprint density at radius 1 is 1.08 bits per heavy atom. The van der Waals surface area contributed by atoms with Gasteiger partial charge in [-0.3, -0.25) is 13.9 Å². The predicted octanol–water partition coefficient (Wildman–Crippen LogP) is 2.27. The van der Waals surface area contributed by atoms with Crippen molar-refractivity contribution in [2.24, 2.45) is 19.1 Å². The van der Waals surface area contributed by atoms with Crippen molar-refractivity contribution in [1.29, 1.82) is 0 Å². The van der Waals surface area contributed by atoms with Gasteiger partial charge in [0.25, 0.3) is 5.56 Å². The van der Waals surface area contributed by atoms with Gasteiger partial charge in [0.2, 0.25) is 0 Å². The Morgan fingerprint density at radius 3 is 2.40 bits per heavy atom. The van der Waals surface area contributed by atoms with Crippen molar-refractivity contribution in [2.75, 3.05) is 6.54 Å². The molecule has 25 heavy (non-hydrogen) atoms. The van der Waals surface area contributed by atoms with E-state index in [1.54, 1.807) is 25.0 Å². The number of imidazole rings is 1. The summed E-state index contributed by atoms with van der Waals surface area (Å²) in [4.78, 5) is 32.9. The summed E-state index contributed by atoms with van der Waals surface area (Å²) in [5, 5.41) is 2.38. The first-order valence-corrected chi connectivity index (χ1v) is 9.13. The number of isothiocyanates is 1. The number of aliphatic imine (C=N–C) groups is 1. The number of hydrogen-bond donors (Lipinski definition) is 0. The highest BCUT2D eigenvalue weighted by molar-refractivity contribution is 7.78. The van der Waals surface area contributed by atoms with Gasteiger partial charge in [-0.2, -0.15) is 0 Å². The first-order valence-electron chi connectivity index (χ1n) is 8.72. The van der Waals surface area contributed by atoms with E-state index in [2.05, 4.69) is 27.4 Å². The summed E-state index contributed by atoms with van der Waals surface area (Å²) >= 11 is 4.53. The molecule has 0 spiro atoms. The van der Waals surface area contributed by atoms with Crippen molar-refractivity contribution in [2.45, 2.75) is 51.5 Å². The third-order valence-corrected chi connectivity index (χ3v) is 4.55. The van der Waals surface area contributed by atoms with Gasteiger partial charge in [0, 0.05) is 27.2 Å². The molecule has 0 aliphatic carbocycles. The molecule has 0 aliphatic rings. The smallest absolute Gasteiger partial charge is 0.328 e. The molecule has 2 heterocycles. The summed E-state index contributed by atoms with van der Waals surface area (Å²) in [6, 6.07) is 0. The van der Waals surface area contributed by atoms with Gasteiger partial charge >= 0.3 is 5.69 Å². The molecule has 8 heteroatoms. The van der Waals surface area contributed by atoms with E-state index in [9.17, 15) is 9.59 Å². The third-order valence-electron chi connectivity index (χ3n) is 4.42. The van der Waals surface area contributed by atoms with Crippen LogP contribution in [0.1, 0.15) is 44.9 Å². The second-order valence-electron chi connectivity index (χ2n) is 6.27. The van der Waals surface area contributed by atoms with Gasteiger partial charge in [-0.15, -0.1) is 0 Å². The number of thiocarbonyl (C=S) groups is 1. The number of fused-ring (bicyclic) bond motifs is 1. The van der Waals surface area contributed by atoms with Crippen molar-refractivity contribution in [3.8, 4) is 0 Å². The standard InChI is InChI=1S/C17H25N5O2S/c1-20-12-19-15-14(20)16(23)22(17(24)21(15)2)11-9-7-5-3-4-6-8-10-18-13-25/h12H,3-11H2,1-2H3. The lowest BCUT2D eigenvalue weighted by Crippen LogP contribution is -2.39. The van der Waals surface area contributed by atoms with Crippen LogP contribution in [0, 0.1) is 0 Å². The molecule has 2 rings (SSSR count). The zero-order valence-electron chi connectivity index (χ0n) is 14.9. The largest absolute Gasteiger partial charge is 0.332 e. The Bertz CT molecular complexity index is 874. The van der Waals surface area contributed by atoms with Gasteiger partial charge in [0.1, 0.15) is 0 Å². The van der Waals surface area contributed by atoms with Crippen LogP contribution in [-0.2, 0) is 20.6 Å². The molecule has 136 valence electrons. The second-order valence-corrected chi connectivity index (χ2v) is 6.46. The number of aromatic nitrogens is 4. The molecule has 0 amide bonds. The first-order chi connectivity index (χ1) is 12.1. The lowest BCUT2D eigenvalue weighted by molar-refractivity contribution is 0.521. The molecule has 0 aromatic carbocycles. The number of rotatable bonds is 10. The Kier molecular flexibility index (Phi) is 7.28. The minimum atomic E-state index is -0.296. The van der Waals surface area contributed by atoms with Crippen molar-refractivity contribution in [3.05, 3.63) is 27.2 Å². The van der Waals surface area contributed by atoms with Crippen LogP contribution in [0.5, 0.6) is 0 Å². The maximum Gasteiger partial charge on any atom is 0.332 e. The lowest BCUT2D eigenvalue weighted by Gasteiger charge is -2.08. The van der Waals surface area contributed by atoms with E-state index in [1.807, 2.05) is 0 Å². The maximum absolute atomic E-state index is 12.5. The van der Waals surface area contributed by atoms with Gasteiger partial charge in [-0.25, -0.2) is 14.8 Å². The molecule has 0 aliphatic heterocycles. The number of hydrogen-bond acceptors (Lipinski definition) is 5. The highest BCUT2D eigenvalue weighted by Crippen LogP contribution is 2.08. The van der Waals surface area contributed by atoms with Gasteiger partial charge in [0.15, 0.2) is 11.2 Å². The summed E-state index contributed by atoms with van der Waals surface area (Å²) in [6.45, 7) is 1.22. The molecule has 0 bridgehead atoms.